The Bertz CT molecular complexity index is 322. The van der Waals surface area contributed by atoms with E-state index < -0.39 is 12.0 Å². The van der Waals surface area contributed by atoms with Gasteiger partial charge in [0.05, 0.1) is 6.20 Å². The van der Waals surface area contributed by atoms with Crippen molar-refractivity contribution in [3.05, 3.63) is 18.0 Å². The van der Waals surface area contributed by atoms with Crippen molar-refractivity contribution < 1.29 is 9.90 Å². The van der Waals surface area contributed by atoms with Gasteiger partial charge in [-0.1, -0.05) is 13.3 Å². The molecular formula is C10H17N3O2. The van der Waals surface area contributed by atoms with Gasteiger partial charge in [-0.15, -0.1) is 0 Å². The fourth-order valence-electron chi connectivity index (χ4n) is 1.34. The number of carbonyl (C=O) groups is 1. The molecule has 0 aliphatic rings. The first-order valence-electron chi connectivity index (χ1n) is 5.13. The third kappa shape index (κ3) is 3.71. The van der Waals surface area contributed by atoms with E-state index in [0.717, 1.165) is 12.8 Å². The average molecular weight is 211 g/mol. The summed E-state index contributed by atoms with van der Waals surface area (Å²) < 4.78 is 1.74. The van der Waals surface area contributed by atoms with E-state index in [1.165, 1.54) is 5.56 Å². The third-order valence-electron chi connectivity index (χ3n) is 2.21. The Hall–Kier alpha value is -1.36. The summed E-state index contributed by atoms with van der Waals surface area (Å²) in [5.74, 6) is -0.962. The van der Waals surface area contributed by atoms with E-state index in [0.29, 0.717) is 13.0 Å². The van der Waals surface area contributed by atoms with Gasteiger partial charge in [0.25, 0.3) is 0 Å². The van der Waals surface area contributed by atoms with E-state index in [9.17, 15) is 4.79 Å². The van der Waals surface area contributed by atoms with Crippen LogP contribution in [0.3, 0.4) is 0 Å². The van der Waals surface area contributed by atoms with Crippen LogP contribution < -0.4 is 5.73 Å². The fourth-order valence-corrected chi connectivity index (χ4v) is 1.34. The Kier molecular flexibility index (Phi) is 4.30. The number of aromatic nitrogens is 2. The number of nitrogens with zero attached hydrogens (tertiary/aromatic N) is 2. The summed E-state index contributed by atoms with van der Waals surface area (Å²) >= 11 is 0. The Morgan fingerprint density at radius 2 is 2.47 bits per heavy atom. The number of carboxylic acids is 1. The first kappa shape index (κ1) is 11.7. The molecule has 3 N–H and O–H groups in total. The lowest BCUT2D eigenvalue weighted by Gasteiger charge is -2.05. The summed E-state index contributed by atoms with van der Waals surface area (Å²) in [6.07, 6.45) is 6.25. The molecule has 0 saturated carbocycles. The fraction of sp³-hybridized carbons (Fsp3) is 0.600. The van der Waals surface area contributed by atoms with Gasteiger partial charge in [0.2, 0.25) is 0 Å². The number of hydrogen-bond acceptors (Lipinski definition) is 3. The van der Waals surface area contributed by atoms with Crippen molar-refractivity contribution in [1.29, 1.82) is 0 Å². The highest BCUT2D eigenvalue weighted by atomic mass is 16.4. The molecule has 0 radical (unpaired) electrons. The zero-order valence-electron chi connectivity index (χ0n) is 8.89. The minimum absolute atomic E-state index is 0.405. The van der Waals surface area contributed by atoms with E-state index >= 15 is 0 Å². The highest BCUT2D eigenvalue weighted by Gasteiger charge is 2.11. The molecule has 1 heterocycles. The summed E-state index contributed by atoms with van der Waals surface area (Å²) in [6, 6.07) is -0.802. The molecule has 5 nitrogen and oxygen atoms in total. The van der Waals surface area contributed by atoms with Crippen LogP contribution in [0.5, 0.6) is 0 Å². The number of hydrogen-bond donors (Lipinski definition) is 2. The number of carboxylic acid groups (broad SMARTS) is 1. The van der Waals surface area contributed by atoms with Crippen molar-refractivity contribution in [2.75, 3.05) is 0 Å². The molecule has 0 amide bonds. The molecule has 1 rings (SSSR count). The van der Waals surface area contributed by atoms with Gasteiger partial charge < -0.3 is 10.8 Å². The molecule has 0 aliphatic carbocycles. The topological polar surface area (TPSA) is 81.1 Å². The SMILES string of the molecule is CCCc1cnn(CCC(N)C(=O)O)c1. The lowest BCUT2D eigenvalue weighted by atomic mass is 10.2. The van der Waals surface area contributed by atoms with Crippen molar-refractivity contribution in [2.45, 2.75) is 38.8 Å². The molecule has 0 fully saturated rings. The van der Waals surface area contributed by atoms with Crippen molar-refractivity contribution >= 4 is 5.97 Å². The van der Waals surface area contributed by atoms with Crippen LogP contribution in [0.2, 0.25) is 0 Å². The molecule has 1 atom stereocenters. The second kappa shape index (κ2) is 5.50. The van der Waals surface area contributed by atoms with Crippen LogP contribution >= 0.6 is 0 Å². The molecule has 1 aromatic heterocycles. The molecule has 1 aromatic rings. The zero-order chi connectivity index (χ0) is 11.3. The minimum Gasteiger partial charge on any atom is -0.480 e. The minimum atomic E-state index is -0.962. The zero-order valence-corrected chi connectivity index (χ0v) is 8.89. The van der Waals surface area contributed by atoms with Crippen molar-refractivity contribution in [3.63, 3.8) is 0 Å². The van der Waals surface area contributed by atoms with E-state index in [4.69, 9.17) is 10.8 Å². The van der Waals surface area contributed by atoms with Crippen LogP contribution in [-0.2, 0) is 17.8 Å². The van der Waals surface area contributed by atoms with Crippen molar-refractivity contribution in [2.24, 2.45) is 5.73 Å². The van der Waals surface area contributed by atoms with Gasteiger partial charge in [-0.25, -0.2) is 0 Å². The molecule has 0 spiro atoms. The monoisotopic (exact) mass is 211 g/mol. The highest BCUT2D eigenvalue weighted by Crippen LogP contribution is 2.02. The number of aliphatic carboxylic acids is 1. The van der Waals surface area contributed by atoms with E-state index in [-0.39, 0.29) is 0 Å². The second-order valence-corrected chi connectivity index (χ2v) is 3.60. The molecule has 0 aromatic carbocycles. The maximum absolute atomic E-state index is 10.5. The van der Waals surface area contributed by atoms with Gasteiger partial charge in [0.1, 0.15) is 6.04 Å². The summed E-state index contributed by atoms with van der Waals surface area (Å²) in [5.41, 5.74) is 6.57. The largest absolute Gasteiger partial charge is 0.480 e. The first-order chi connectivity index (χ1) is 7.13. The molecule has 0 bridgehead atoms. The van der Waals surface area contributed by atoms with Crippen LogP contribution in [0.4, 0.5) is 0 Å². The Morgan fingerprint density at radius 3 is 3.07 bits per heavy atom. The molecule has 15 heavy (non-hydrogen) atoms. The smallest absolute Gasteiger partial charge is 0.320 e. The number of rotatable bonds is 6. The third-order valence-corrected chi connectivity index (χ3v) is 2.21. The summed E-state index contributed by atoms with van der Waals surface area (Å²) in [7, 11) is 0. The lowest BCUT2D eigenvalue weighted by molar-refractivity contribution is -0.138. The lowest BCUT2D eigenvalue weighted by Crippen LogP contribution is -2.31. The van der Waals surface area contributed by atoms with Crippen LogP contribution in [0.25, 0.3) is 0 Å². The molecule has 1 unspecified atom stereocenters. The maximum atomic E-state index is 10.5. The van der Waals surface area contributed by atoms with Gasteiger partial charge in [0, 0.05) is 12.7 Å². The molecule has 0 aliphatic heterocycles. The normalized spacial score (nSPS) is 12.7. The highest BCUT2D eigenvalue weighted by molar-refractivity contribution is 5.72. The van der Waals surface area contributed by atoms with Crippen LogP contribution in [0.1, 0.15) is 25.3 Å². The van der Waals surface area contributed by atoms with E-state index in [1.807, 2.05) is 12.4 Å². The predicted molar refractivity (Wildman–Crippen MR) is 56.5 cm³/mol. The van der Waals surface area contributed by atoms with Crippen LogP contribution in [0.15, 0.2) is 12.4 Å². The van der Waals surface area contributed by atoms with Crippen LogP contribution in [0, 0.1) is 0 Å². The average Bonchev–Trinajstić information content (AvgIpc) is 2.62. The second-order valence-electron chi connectivity index (χ2n) is 3.60. The molecular weight excluding hydrogens is 194 g/mol. The summed E-state index contributed by atoms with van der Waals surface area (Å²) in [6.45, 7) is 2.66. The Balaban J connectivity index is 2.40. The molecule has 0 saturated heterocycles. The van der Waals surface area contributed by atoms with Gasteiger partial charge in [0.15, 0.2) is 0 Å². The maximum Gasteiger partial charge on any atom is 0.320 e. The quantitative estimate of drug-likeness (QED) is 0.723. The van der Waals surface area contributed by atoms with E-state index in [1.54, 1.807) is 4.68 Å². The Morgan fingerprint density at radius 1 is 1.73 bits per heavy atom. The first-order valence-corrected chi connectivity index (χ1v) is 5.13. The van der Waals surface area contributed by atoms with Gasteiger partial charge >= 0.3 is 5.97 Å². The standard InChI is InChI=1S/C10H17N3O2/c1-2-3-8-6-12-13(7-8)5-4-9(11)10(14)15/h6-7,9H,2-5,11H2,1H3,(H,14,15). The van der Waals surface area contributed by atoms with Gasteiger partial charge in [-0.2, -0.15) is 5.10 Å². The van der Waals surface area contributed by atoms with Crippen LogP contribution in [-0.4, -0.2) is 26.9 Å². The summed E-state index contributed by atoms with van der Waals surface area (Å²) in [4.78, 5) is 10.5. The summed E-state index contributed by atoms with van der Waals surface area (Å²) in [5, 5.41) is 12.7. The number of aryl methyl sites for hydroxylation is 2. The molecule has 84 valence electrons. The van der Waals surface area contributed by atoms with Gasteiger partial charge in [-0.05, 0) is 18.4 Å². The Labute approximate surface area is 88.9 Å². The van der Waals surface area contributed by atoms with Gasteiger partial charge in [-0.3, -0.25) is 9.48 Å². The van der Waals surface area contributed by atoms with Crippen molar-refractivity contribution in [3.8, 4) is 0 Å². The predicted octanol–water partition coefficient (Wildman–Crippen LogP) is 0.638. The number of nitrogens with two attached hydrogens (primary N) is 1. The molecule has 5 heteroatoms. The van der Waals surface area contributed by atoms with Crippen molar-refractivity contribution in [1.82, 2.24) is 9.78 Å². The van der Waals surface area contributed by atoms with E-state index in [2.05, 4.69) is 12.0 Å².